The first-order valence-electron chi connectivity index (χ1n) is 5.28. The van der Waals surface area contributed by atoms with Crippen molar-refractivity contribution in [3.8, 4) is 0 Å². The third kappa shape index (κ3) is 2.96. The standard InChI is InChI=1S/C10H19NO3/c1-3-11(4-2)7-8-5-6-9(14-8)10(12)13/h8-9H,3-7H2,1-2H3,(H,12,13)/t8-,9+/m0/s1. The summed E-state index contributed by atoms with van der Waals surface area (Å²) in [5, 5.41) is 8.74. The van der Waals surface area contributed by atoms with Crippen molar-refractivity contribution in [1.29, 1.82) is 0 Å². The van der Waals surface area contributed by atoms with E-state index < -0.39 is 12.1 Å². The van der Waals surface area contributed by atoms with Crippen molar-refractivity contribution in [3.05, 3.63) is 0 Å². The second-order valence-electron chi connectivity index (χ2n) is 3.65. The molecule has 4 nitrogen and oxygen atoms in total. The van der Waals surface area contributed by atoms with Crippen LogP contribution in [0.3, 0.4) is 0 Å². The van der Waals surface area contributed by atoms with E-state index in [1.54, 1.807) is 0 Å². The quantitative estimate of drug-likeness (QED) is 0.719. The fourth-order valence-electron chi connectivity index (χ4n) is 1.79. The van der Waals surface area contributed by atoms with Crippen molar-refractivity contribution in [2.45, 2.75) is 38.9 Å². The molecule has 0 aliphatic carbocycles. The summed E-state index contributed by atoms with van der Waals surface area (Å²) in [7, 11) is 0. The summed E-state index contributed by atoms with van der Waals surface area (Å²) in [6.45, 7) is 7.05. The minimum Gasteiger partial charge on any atom is -0.479 e. The molecule has 1 saturated heterocycles. The maximum atomic E-state index is 10.6. The lowest BCUT2D eigenvalue weighted by Gasteiger charge is -2.21. The molecule has 0 unspecified atom stereocenters. The van der Waals surface area contributed by atoms with Gasteiger partial charge in [-0.05, 0) is 25.9 Å². The third-order valence-corrected chi connectivity index (χ3v) is 2.74. The van der Waals surface area contributed by atoms with E-state index in [2.05, 4.69) is 18.7 Å². The molecule has 4 heteroatoms. The summed E-state index contributed by atoms with van der Waals surface area (Å²) in [4.78, 5) is 12.9. The average Bonchev–Trinajstić information content (AvgIpc) is 2.62. The monoisotopic (exact) mass is 201 g/mol. The molecule has 2 atom stereocenters. The first-order chi connectivity index (χ1) is 6.67. The zero-order chi connectivity index (χ0) is 10.6. The molecule has 0 saturated carbocycles. The van der Waals surface area contributed by atoms with E-state index in [0.29, 0.717) is 6.42 Å². The van der Waals surface area contributed by atoms with Crippen molar-refractivity contribution in [2.75, 3.05) is 19.6 Å². The van der Waals surface area contributed by atoms with Crippen LogP contribution in [0.1, 0.15) is 26.7 Å². The molecule has 14 heavy (non-hydrogen) atoms. The summed E-state index contributed by atoms with van der Waals surface area (Å²) < 4.78 is 5.42. The van der Waals surface area contributed by atoms with Crippen LogP contribution in [0.4, 0.5) is 0 Å². The average molecular weight is 201 g/mol. The third-order valence-electron chi connectivity index (χ3n) is 2.74. The van der Waals surface area contributed by atoms with Crippen molar-refractivity contribution >= 4 is 5.97 Å². The second-order valence-corrected chi connectivity index (χ2v) is 3.65. The maximum Gasteiger partial charge on any atom is 0.332 e. The Hall–Kier alpha value is -0.610. The van der Waals surface area contributed by atoms with Crippen molar-refractivity contribution < 1.29 is 14.6 Å². The van der Waals surface area contributed by atoms with Gasteiger partial charge in [0.15, 0.2) is 6.10 Å². The van der Waals surface area contributed by atoms with E-state index in [1.165, 1.54) is 0 Å². The SMILES string of the molecule is CCN(CC)C[C@@H]1CC[C@H](C(=O)O)O1. The minimum atomic E-state index is -0.827. The van der Waals surface area contributed by atoms with Gasteiger partial charge in [0, 0.05) is 6.54 Å². The van der Waals surface area contributed by atoms with Crippen LogP contribution >= 0.6 is 0 Å². The van der Waals surface area contributed by atoms with Crippen LogP contribution in [0.5, 0.6) is 0 Å². The summed E-state index contributed by atoms with van der Waals surface area (Å²) in [6, 6.07) is 0. The Kier molecular flexibility index (Phi) is 4.35. The lowest BCUT2D eigenvalue weighted by molar-refractivity contribution is -0.149. The zero-order valence-electron chi connectivity index (χ0n) is 8.90. The molecule has 0 spiro atoms. The number of ether oxygens (including phenoxy) is 1. The molecule has 0 bridgehead atoms. The Morgan fingerprint density at radius 1 is 1.43 bits per heavy atom. The number of hydrogen-bond acceptors (Lipinski definition) is 3. The molecule has 1 rings (SSSR count). The van der Waals surface area contributed by atoms with Crippen LogP contribution in [-0.4, -0.2) is 47.8 Å². The number of rotatable bonds is 5. The fourth-order valence-corrected chi connectivity index (χ4v) is 1.79. The van der Waals surface area contributed by atoms with Gasteiger partial charge in [-0.25, -0.2) is 4.79 Å². The largest absolute Gasteiger partial charge is 0.479 e. The molecule has 1 N–H and O–H groups in total. The highest BCUT2D eigenvalue weighted by Gasteiger charge is 2.30. The predicted octanol–water partition coefficient (Wildman–Crippen LogP) is 0.960. The molecule has 1 aliphatic rings. The van der Waals surface area contributed by atoms with Gasteiger partial charge in [-0.3, -0.25) is 0 Å². The maximum absolute atomic E-state index is 10.6. The first-order valence-corrected chi connectivity index (χ1v) is 5.28. The van der Waals surface area contributed by atoms with Gasteiger partial charge >= 0.3 is 5.97 Å². The van der Waals surface area contributed by atoms with E-state index in [4.69, 9.17) is 9.84 Å². The number of carbonyl (C=O) groups is 1. The normalized spacial score (nSPS) is 27.1. The Labute approximate surface area is 84.8 Å². The summed E-state index contributed by atoms with van der Waals surface area (Å²) >= 11 is 0. The minimum absolute atomic E-state index is 0.107. The molecule has 0 radical (unpaired) electrons. The van der Waals surface area contributed by atoms with E-state index in [0.717, 1.165) is 26.1 Å². The van der Waals surface area contributed by atoms with Gasteiger partial charge in [0.1, 0.15) is 0 Å². The molecule has 1 heterocycles. The van der Waals surface area contributed by atoms with E-state index in [1.807, 2.05) is 0 Å². The van der Waals surface area contributed by atoms with Gasteiger partial charge < -0.3 is 14.7 Å². The van der Waals surface area contributed by atoms with Gasteiger partial charge in [-0.1, -0.05) is 13.8 Å². The van der Waals surface area contributed by atoms with Crippen LogP contribution in [0.25, 0.3) is 0 Å². The smallest absolute Gasteiger partial charge is 0.332 e. The van der Waals surface area contributed by atoms with E-state index in [-0.39, 0.29) is 6.10 Å². The summed E-state index contributed by atoms with van der Waals surface area (Å²) in [5.74, 6) is -0.827. The van der Waals surface area contributed by atoms with Crippen molar-refractivity contribution in [1.82, 2.24) is 4.90 Å². The fraction of sp³-hybridized carbons (Fsp3) is 0.900. The Morgan fingerprint density at radius 2 is 2.07 bits per heavy atom. The molecule has 0 aromatic carbocycles. The molecule has 0 aromatic heterocycles. The number of hydrogen-bond donors (Lipinski definition) is 1. The van der Waals surface area contributed by atoms with Gasteiger partial charge in [0.2, 0.25) is 0 Å². The highest BCUT2D eigenvalue weighted by atomic mass is 16.5. The van der Waals surface area contributed by atoms with Crippen LogP contribution in [0.2, 0.25) is 0 Å². The molecule has 0 aromatic rings. The highest BCUT2D eigenvalue weighted by molar-refractivity contribution is 5.72. The van der Waals surface area contributed by atoms with Gasteiger partial charge in [0.05, 0.1) is 6.10 Å². The van der Waals surface area contributed by atoms with Crippen LogP contribution in [-0.2, 0) is 9.53 Å². The number of carboxylic acids is 1. The van der Waals surface area contributed by atoms with E-state index >= 15 is 0 Å². The van der Waals surface area contributed by atoms with Crippen molar-refractivity contribution in [2.24, 2.45) is 0 Å². The molecule has 0 amide bonds. The van der Waals surface area contributed by atoms with Gasteiger partial charge in [-0.15, -0.1) is 0 Å². The molecular formula is C10H19NO3. The topological polar surface area (TPSA) is 49.8 Å². The van der Waals surface area contributed by atoms with Crippen molar-refractivity contribution in [3.63, 3.8) is 0 Å². The molecular weight excluding hydrogens is 182 g/mol. The Balaban J connectivity index is 2.31. The number of likely N-dealkylation sites (N-methyl/N-ethyl adjacent to an activating group) is 1. The number of aliphatic carboxylic acids is 1. The van der Waals surface area contributed by atoms with Gasteiger partial charge in [0.25, 0.3) is 0 Å². The summed E-state index contributed by atoms with van der Waals surface area (Å²) in [6.07, 6.45) is 1.06. The first kappa shape index (κ1) is 11.5. The van der Waals surface area contributed by atoms with Gasteiger partial charge in [-0.2, -0.15) is 0 Å². The van der Waals surface area contributed by atoms with Crippen LogP contribution < -0.4 is 0 Å². The molecule has 1 fully saturated rings. The number of nitrogens with zero attached hydrogens (tertiary/aromatic N) is 1. The predicted molar refractivity (Wildman–Crippen MR) is 53.3 cm³/mol. The highest BCUT2D eigenvalue weighted by Crippen LogP contribution is 2.20. The second kappa shape index (κ2) is 5.32. The van der Waals surface area contributed by atoms with Crippen LogP contribution in [0, 0.1) is 0 Å². The lowest BCUT2D eigenvalue weighted by atomic mass is 10.2. The summed E-state index contributed by atoms with van der Waals surface area (Å²) in [5.41, 5.74) is 0. The number of carboxylic acid groups (broad SMARTS) is 1. The lowest BCUT2D eigenvalue weighted by Crippen LogP contribution is -2.33. The Bertz CT molecular complexity index is 192. The zero-order valence-corrected chi connectivity index (χ0v) is 8.90. The van der Waals surface area contributed by atoms with Crippen LogP contribution in [0.15, 0.2) is 0 Å². The Morgan fingerprint density at radius 3 is 2.50 bits per heavy atom. The van der Waals surface area contributed by atoms with E-state index in [9.17, 15) is 4.79 Å². The molecule has 82 valence electrons. The molecule has 1 aliphatic heterocycles.